The van der Waals surface area contributed by atoms with E-state index in [0.29, 0.717) is 30.0 Å². The van der Waals surface area contributed by atoms with Gasteiger partial charge in [-0.25, -0.2) is 4.98 Å². The van der Waals surface area contributed by atoms with Crippen LogP contribution in [0.4, 0.5) is 0 Å². The number of carbonyl (C=O) groups is 2. The number of carbonyl (C=O) groups excluding carboxylic acids is 1. The van der Waals surface area contributed by atoms with Crippen molar-refractivity contribution < 1.29 is 14.7 Å². The Morgan fingerprint density at radius 3 is 2.23 bits per heavy atom. The minimum atomic E-state index is -0.687. The van der Waals surface area contributed by atoms with Crippen LogP contribution in [0.15, 0.2) is 73.1 Å². The predicted octanol–water partition coefficient (Wildman–Crippen LogP) is 7.15. The van der Waals surface area contributed by atoms with Crippen LogP contribution in [0.25, 0.3) is 16.8 Å². The Bertz CT molecular complexity index is 1450. The molecule has 2 heterocycles. The highest BCUT2D eigenvalue weighted by atomic mass is 16.4. The summed E-state index contributed by atoms with van der Waals surface area (Å²) in [5, 5.41) is 9.06. The largest absolute Gasteiger partial charge is 0.481 e. The molecule has 4 aromatic rings. The maximum absolute atomic E-state index is 13.1. The molecule has 6 nitrogen and oxygen atoms in total. The van der Waals surface area contributed by atoms with E-state index in [1.165, 1.54) is 11.1 Å². The van der Waals surface area contributed by atoms with Gasteiger partial charge < -0.3 is 14.4 Å². The van der Waals surface area contributed by atoms with Gasteiger partial charge in [-0.15, -0.1) is 0 Å². The molecular weight excluding hydrogens is 486 g/mol. The smallest absolute Gasteiger partial charge is 0.303 e. The zero-order chi connectivity index (χ0) is 27.5. The number of aromatic nitrogens is 2. The van der Waals surface area contributed by atoms with Crippen LogP contribution in [0.5, 0.6) is 0 Å². The number of aliphatic carboxylic acids is 1. The molecule has 0 atom stereocenters. The Morgan fingerprint density at radius 2 is 1.59 bits per heavy atom. The van der Waals surface area contributed by atoms with Crippen LogP contribution in [-0.4, -0.2) is 38.3 Å². The summed E-state index contributed by atoms with van der Waals surface area (Å²) in [5.41, 5.74) is 7.06. The van der Waals surface area contributed by atoms with Crippen LogP contribution in [0.2, 0.25) is 0 Å². The van der Waals surface area contributed by atoms with Crippen molar-refractivity contribution in [1.82, 2.24) is 14.3 Å². The lowest BCUT2D eigenvalue weighted by atomic mass is 9.77. The SMILES string of the molecule is CC(C)c1ccc(CN(C)C(=O)c2cn3cc(-c4ccc(C5CCC(CC(=O)O)CC5)cc4)ccc3n2)cc1. The lowest BCUT2D eigenvalue weighted by Gasteiger charge is -2.28. The van der Waals surface area contributed by atoms with Gasteiger partial charge in [-0.3, -0.25) is 9.59 Å². The Labute approximate surface area is 230 Å². The average Bonchev–Trinajstić information content (AvgIpc) is 3.36. The number of pyridine rings is 1. The van der Waals surface area contributed by atoms with Crippen molar-refractivity contribution in [2.24, 2.45) is 5.92 Å². The summed E-state index contributed by atoms with van der Waals surface area (Å²) in [6.45, 7) is 4.88. The van der Waals surface area contributed by atoms with Crippen molar-refractivity contribution in [3.8, 4) is 11.1 Å². The van der Waals surface area contributed by atoms with Crippen LogP contribution in [0.1, 0.15) is 85.0 Å². The molecule has 0 radical (unpaired) electrons. The van der Waals surface area contributed by atoms with Crippen molar-refractivity contribution in [2.75, 3.05) is 7.05 Å². The second-order valence-corrected chi connectivity index (χ2v) is 11.3. The number of rotatable bonds is 8. The van der Waals surface area contributed by atoms with E-state index in [9.17, 15) is 9.59 Å². The van der Waals surface area contributed by atoms with E-state index in [4.69, 9.17) is 5.11 Å². The first kappa shape index (κ1) is 26.7. The first-order valence-electron chi connectivity index (χ1n) is 13.9. The lowest BCUT2D eigenvalue weighted by Crippen LogP contribution is -2.26. The average molecular weight is 524 g/mol. The number of hydrogen-bond acceptors (Lipinski definition) is 3. The van der Waals surface area contributed by atoms with Crippen LogP contribution in [0, 0.1) is 5.92 Å². The number of carboxylic acid groups (broad SMARTS) is 1. The molecule has 1 amide bonds. The van der Waals surface area contributed by atoms with Crippen molar-refractivity contribution >= 4 is 17.5 Å². The third-order valence-corrected chi connectivity index (χ3v) is 8.11. The topological polar surface area (TPSA) is 74.9 Å². The molecule has 5 rings (SSSR count). The van der Waals surface area contributed by atoms with Gasteiger partial charge in [0, 0.05) is 32.4 Å². The number of hydrogen-bond donors (Lipinski definition) is 1. The molecule has 1 fully saturated rings. The Hall–Kier alpha value is -3.93. The van der Waals surface area contributed by atoms with Crippen molar-refractivity contribution in [3.63, 3.8) is 0 Å². The van der Waals surface area contributed by atoms with Crippen LogP contribution in [0.3, 0.4) is 0 Å². The fourth-order valence-corrected chi connectivity index (χ4v) is 5.71. The number of fused-ring (bicyclic) bond motifs is 1. The van der Waals surface area contributed by atoms with Gasteiger partial charge in [-0.2, -0.15) is 0 Å². The van der Waals surface area contributed by atoms with Crippen molar-refractivity contribution in [3.05, 3.63) is 95.4 Å². The second kappa shape index (κ2) is 11.4. The fraction of sp³-hybridized carbons (Fsp3) is 0.364. The summed E-state index contributed by atoms with van der Waals surface area (Å²) in [5.74, 6) is 0.506. The van der Waals surface area contributed by atoms with E-state index in [2.05, 4.69) is 67.4 Å². The number of benzene rings is 2. The van der Waals surface area contributed by atoms with E-state index < -0.39 is 5.97 Å². The highest BCUT2D eigenvalue weighted by Crippen LogP contribution is 2.37. The zero-order valence-corrected chi connectivity index (χ0v) is 23.0. The zero-order valence-electron chi connectivity index (χ0n) is 23.0. The molecule has 0 spiro atoms. The monoisotopic (exact) mass is 523 g/mol. The van der Waals surface area contributed by atoms with Gasteiger partial charge in [0.05, 0.1) is 0 Å². The number of carboxylic acids is 1. The third kappa shape index (κ3) is 6.22. The number of amides is 1. The minimum Gasteiger partial charge on any atom is -0.481 e. The van der Waals surface area contributed by atoms with E-state index in [1.54, 1.807) is 4.90 Å². The molecule has 0 aliphatic heterocycles. The van der Waals surface area contributed by atoms with E-state index >= 15 is 0 Å². The molecule has 1 aliphatic carbocycles. The summed E-state index contributed by atoms with van der Waals surface area (Å²) in [7, 11) is 1.81. The molecular formula is C33H37N3O3. The van der Waals surface area contributed by atoms with Gasteiger partial charge in [0.2, 0.25) is 0 Å². The van der Waals surface area contributed by atoms with Gasteiger partial charge in [0.15, 0.2) is 0 Å². The van der Waals surface area contributed by atoms with E-state index in [1.807, 2.05) is 36.0 Å². The molecule has 2 aromatic carbocycles. The standard InChI is InChI=1S/C33H37N3O3/c1-22(2)25-8-6-24(7-9-25)19-35(3)33(39)30-21-36-20-29(16-17-31(36)34-30)28-14-12-27(13-15-28)26-10-4-23(5-11-26)18-32(37)38/h6-9,12-17,20-23,26H,4-5,10-11,18-19H2,1-3H3,(H,37,38). The normalized spacial score (nSPS) is 17.4. The summed E-state index contributed by atoms with van der Waals surface area (Å²) < 4.78 is 1.92. The second-order valence-electron chi connectivity index (χ2n) is 11.3. The maximum atomic E-state index is 13.1. The Balaban J connectivity index is 1.24. The molecule has 0 unspecified atom stereocenters. The van der Waals surface area contributed by atoms with Crippen molar-refractivity contribution in [2.45, 2.75) is 64.3 Å². The highest BCUT2D eigenvalue weighted by molar-refractivity contribution is 5.92. The molecule has 1 aliphatic rings. The fourth-order valence-electron chi connectivity index (χ4n) is 5.71. The molecule has 202 valence electrons. The lowest BCUT2D eigenvalue weighted by molar-refractivity contribution is -0.138. The minimum absolute atomic E-state index is 0.101. The molecule has 1 N–H and O–H groups in total. The summed E-state index contributed by atoms with van der Waals surface area (Å²) >= 11 is 0. The molecule has 39 heavy (non-hydrogen) atoms. The quantitative estimate of drug-likeness (QED) is 0.266. The van der Waals surface area contributed by atoms with E-state index in [0.717, 1.165) is 48.0 Å². The summed E-state index contributed by atoms with van der Waals surface area (Å²) in [6, 6.07) is 21.1. The summed E-state index contributed by atoms with van der Waals surface area (Å²) in [6.07, 6.45) is 8.19. The maximum Gasteiger partial charge on any atom is 0.303 e. The van der Waals surface area contributed by atoms with Crippen LogP contribution < -0.4 is 0 Å². The first-order chi connectivity index (χ1) is 18.8. The molecule has 0 bridgehead atoms. The molecule has 1 saturated carbocycles. The summed E-state index contributed by atoms with van der Waals surface area (Å²) in [4.78, 5) is 30.4. The van der Waals surface area contributed by atoms with Crippen LogP contribution >= 0.6 is 0 Å². The number of imidazole rings is 1. The third-order valence-electron chi connectivity index (χ3n) is 8.11. The molecule has 0 saturated heterocycles. The van der Waals surface area contributed by atoms with Crippen LogP contribution in [-0.2, 0) is 11.3 Å². The molecule has 2 aromatic heterocycles. The first-order valence-corrected chi connectivity index (χ1v) is 13.9. The van der Waals surface area contributed by atoms with Gasteiger partial charge in [-0.1, -0.05) is 62.4 Å². The van der Waals surface area contributed by atoms with Gasteiger partial charge in [0.25, 0.3) is 5.91 Å². The van der Waals surface area contributed by atoms with Crippen molar-refractivity contribution in [1.29, 1.82) is 0 Å². The Morgan fingerprint density at radius 1 is 0.923 bits per heavy atom. The highest BCUT2D eigenvalue weighted by Gasteiger charge is 2.24. The predicted molar refractivity (Wildman–Crippen MR) is 154 cm³/mol. The van der Waals surface area contributed by atoms with E-state index in [-0.39, 0.29) is 12.3 Å². The van der Waals surface area contributed by atoms with Gasteiger partial charge in [-0.05, 0) is 83.4 Å². The van der Waals surface area contributed by atoms with Gasteiger partial charge in [0.1, 0.15) is 11.3 Å². The number of nitrogens with zero attached hydrogens (tertiary/aromatic N) is 3. The van der Waals surface area contributed by atoms with Gasteiger partial charge >= 0.3 is 5.97 Å². The molecule has 6 heteroatoms. The Kier molecular flexibility index (Phi) is 7.82.